The van der Waals surface area contributed by atoms with Gasteiger partial charge in [0.15, 0.2) is 0 Å². The normalized spacial score (nSPS) is 18.5. The number of likely N-dealkylation sites (tertiary alicyclic amines) is 1. The zero-order valence-electron chi connectivity index (χ0n) is 13.9. The number of aromatic hydroxyl groups is 1. The first-order valence-corrected chi connectivity index (χ1v) is 10.1. The third-order valence-corrected chi connectivity index (χ3v) is 5.33. The SMILES string of the molecule is NS(=O)(=O)CCCC(=O)N1CCCC[C@H]1CCc1ccc(O)cc1. The van der Waals surface area contributed by atoms with Crippen LogP contribution in [0.1, 0.15) is 44.1 Å². The maximum Gasteiger partial charge on any atom is 0.222 e. The highest BCUT2D eigenvalue weighted by atomic mass is 32.2. The molecule has 3 N–H and O–H groups in total. The number of benzene rings is 1. The molecule has 0 aliphatic carbocycles. The predicted molar refractivity (Wildman–Crippen MR) is 93.0 cm³/mol. The average molecular weight is 354 g/mol. The minimum absolute atomic E-state index is 0.0223. The fourth-order valence-corrected chi connectivity index (χ4v) is 3.74. The first-order valence-electron chi connectivity index (χ1n) is 8.43. The van der Waals surface area contributed by atoms with Gasteiger partial charge < -0.3 is 10.0 Å². The van der Waals surface area contributed by atoms with Crippen LogP contribution in [0.5, 0.6) is 5.75 Å². The molecule has 1 heterocycles. The number of hydrogen-bond acceptors (Lipinski definition) is 4. The summed E-state index contributed by atoms with van der Waals surface area (Å²) in [6, 6.07) is 7.35. The summed E-state index contributed by atoms with van der Waals surface area (Å²) in [6.45, 7) is 0.744. The molecule has 6 nitrogen and oxygen atoms in total. The number of phenolic OH excluding ortho intramolecular Hbond substituents is 1. The van der Waals surface area contributed by atoms with Gasteiger partial charge in [-0.15, -0.1) is 0 Å². The van der Waals surface area contributed by atoms with Crippen LogP contribution >= 0.6 is 0 Å². The quantitative estimate of drug-likeness (QED) is 0.779. The van der Waals surface area contributed by atoms with E-state index < -0.39 is 10.0 Å². The van der Waals surface area contributed by atoms with E-state index in [0.29, 0.717) is 0 Å². The Morgan fingerprint density at radius 2 is 1.96 bits per heavy atom. The molecule has 2 rings (SSSR count). The summed E-state index contributed by atoms with van der Waals surface area (Å²) in [5.41, 5.74) is 1.14. The van der Waals surface area contributed by atoms with Crippen molar-refractivity contribution in [1.82, 2.24) is 4.90 Å². The van der Waals surface area contributed by atoms with E-state index in [1.165, 1.54) is 0 Å². The van der Waals surface area contributed by atoms with Gasteiger partial charge >= 0.3 is 0 Å². The molecule has 1 saturated heterocycles. The van der Waals surface area contributed by atoms with Gasteiger partial charge in [-0.25, -0.2) is 13.6 Å². The average Bonchev–Trinajstić information content (AvgIpc) is 2.53. The molecule has 24 heavy (non-hydrogen) atoms. The molecule has 0 radical (unpaired) electrons. The van der Waals surface area contributed by atoms with Crippen molar-refractivity contribution in [2.45, 2.75) is 51.0 Å². The van der Waals surface area contributed by atoms with Crippen LogP contribution in [0.2, 0.25) is 0 Å². The van der Waals surface area contributed by atoms with Crippen LogP contribution in [0.4, 0.5) is 0 Å². The number of sulfonamides is 1. The second-order valence-corrected chi connectivity index (χ2v) is 8.15. The highest BCUT2D eigenvalue weighted by molar-refractivity contribution is 7.89. The molecule has 1 atom stereocenters. The largest absolute Gasteiger partial charge is 0.508 e. The minimum Gasteiger partial charge on any atom is -0.508 e. The molecule has 1 aromatic rings. The first-order chi connectivity index (χ1) is 11.3. The summed E-state index contributed by atoms with van der Waals surface area (Å²) in [6.07, 6.45) is 5.33. The van der Waals surface area contributed by atoms with E-state index in [1.54, 1.807) is 12.1 Å². The molecule has 0 spiro atoms. The van der Waals surface area contributed by atoms with Gasteiger partial charge in [0.05, 0.1) is 5.75 Å². The zero-order valence-corrected chi connectivity index (χ0v) is 14.7. The van der Waals surface area contributed by atoms with Gasteiger partial charge in [0.25, 0.3) is 0 Å². The molecular formula is C17H26N2O4S. The summed E-state index contributed by atoms with van der Waals surface area (Å²) in [4.78, 5) is 14.3. The lowest BCUT2D eigenvalue weighted by atomic mass is 9.95. The van der Waals surface area contributed by atoms with E-state index >= 15 is 0 Å². The summed E-state index contributed by atoms with van der Waals surface area (Å²) >= 11 is 0. The number of carbonyl (C=O) groups excluding carboxylic acids is 1. The first kappa shape index (κ1) is 18.7. The Morgan fingerprint density at radius 3 is 2.62 bits per heavy atom. The summed E-state index contributed by atoms with van der Waals surface area (Å²) in [5.74, 6) is 0.127. The van der Waals surface area contributed by atoms with Crippen molar-refractivity contribution in [2.24, 2.45) is 5.14 Å². The molecule has 0 unspecified atom stereocenters. The van der Waals surface area contributed by atoms with Crippen molar-refractivity contribution in [3.63, 3.8) is 0 Å². The number of phenols is 1. The third kappa shape index (κ3) is 6.13. The van der Waals surface area contributed by atoms with E-state index in [-0.39, 0.29) is 36.3 Å². The number of primary sulfonamides is 1. The Labute approximate surface area is 143 Å². The molecule has 1 aliphatic heterocycles. The zero-order chi connectivity index (χ0) is 17.6. The molecule has 0 saturated carbocycles. The fourth-order valence-electron chi connectivity index (χ4n) is 3.19. The third-order valence-electron chi connectivity index (χ3n) is 4.47. The highest BCUT2D eigenvalue weighted by Gasteiger charge is 2.26. The van der Waals surface area contributed by atoms with Crippen LogP contribution in [-0.4, -0.2) is 42.7 Å². The van der Waals surface area contributed by atoms with Crippen LogP contribution in [0.25, 0.3) is 0 Å². The van der Waals surface area contributed by atoms with E-state index in [4.69, 9.17) is 5.14 Å². The van der Waals surface area contributed by atoms with Gasteiger partial charge in [0.2, 0.25) is 15.9 Å². The van der Waals surface area contributed by atoms with Crippen LogP contribution in [-0.2, 0) is 21.2 Å². The van der Waals surface area contributed by atoms with Crippen molar-refractivity contribution < 1.29 is 18.3 Å². The van der Waals surface area contributed by atoms with E-state index in [2.05, 4.69) is 0 Å². The van der Waals surface area contributed by atoms with Gasteiger partial charge in [-0.1, -0.05) is 12.1 Å². The fraction of sp³-hybridized carbons (Fsp3) is 0.588. The van der Waals surface area contributed by atoms with Crippen molar-refractivity contribution in [2.75, 3.05) is 12.3 Å². The smallest absolute Gasteiger partial charge is 0.222 e. The lowest BCUT2D eigenvalue weighted by molar-refractivity contribution is -0.135. The Balaban J connectivity index is 1.87. The lowest BCUT2D eigenvalue weighted by Crippen LogP contribution is -2.44. The molecule has 1 aliphatic rings. The topological polar surface area (TPSA) is 101 Å². The summed E-state index contributed by atoms with van der Waals surface area (Å²) in [5, 5.41) is 14.3. The number of aryl methyl sites for hydroxylation is 1. The Hall–Kier alpha value is -1.60. The number of rotatable bonds is 7. The van der Waals surface area contributed by atoms with Crippen LogP contribution in [0.15, 0.2) is 24.3 Å². The Bertz CT molecular complexity index is 643. The van der Waals surface area contributed by atoms with E-state index in [1.807, 2.05) is 17.0 Å². The number of hydrogen-bond donors (Lipinski definition) is 2. The molecule has 1 amide bonds. The number of nitrogens with zero attached hydrogens (tertiary/aromatic N) is 1. The minimum atomic E-state index is -3.50. The van der Waals surface area contributed by atoms with E-state index in [0.717, 1.165) is 44.2 Å². The Kier molecular flexibility index (Phi) is 6.62. The number of piperidine rings is 1. The standard InChI is InChI=1S/C17H26N2O4S/c18-24(22,23)13-3-5-17(21)19-12-2-1-4-15(19)9-6-14-7-10-16(20)11-8-14/h7-8,10-11,15,20H,1-6,9,12-13H2,(H2,18,22,23)/t15-/m0/s1. The second kappa shape index (κ2) is 8.48. The van der Waals surface area contributed by atoms with Gasteiger partial charge in [-0.05, 0) is 56.2 Å². The van der Waals surface area contributed by atoms with Crippen LogP contribution in [0, 0.1) is 0 Å². The van der Waals surface area contributed by atoms with Crippen molar-refractivity contribution in [3.8, 4) is 5.75 Å². The van der Waals surface area contributed by atoms with E-state index in [9.17, 15) is 18.3 Å². The van der Waals surface area contributed by atoms with Gasteiger partial charge in [-0.2, -0.15) is 0 Å². The van der Waals surface area contributed by atoms with Crippen LogP contribution < -0.4 is 5.14 Å². The van der Waals surface area contributed by atoms with Crippen molar-refractivity contribution in [3.05, 3.63) is 29.8 Å². The Morgan fingerprint density at radius 1 is 1.25 bits per heavy atom. The summed E-state index contributed by atoms with van der Waals surface area (Å²) < 4.78 is 21.9. The molecule has 0 aromatic heterocycles. The maximum absolute atomic E-state index is 12.4. The molecule has 1 fully saturated rings. The van der Waals surface area contributed by atoms with Gasteiger partial charge in [-0.3, -0.25) is 4.79 Å². The molecule has 0 bridgehead atoms. The molecule has 134 valence electrons. The summed E-state index contributed by atoms with van der Waals surface area (Å²) in [7, 11) is -3.50. The number of amides is 1. The monoisotopic (exact) mass is 354 g/mol. The molecular weight excluding hydrogens is 328 g/mol. The molecule has 7 heteroatoms. The predicted octanol–water partition coefficient (Wildman–Crippen LogP) is 1.77. The number of nitrogens with two attached hydrogens (primary N) is 1. The maximum atomic E-state index is 12.4. The van der Waals surface area contributed by atoms with Gasteiger partial charge in [0, 0.05) is 19.0 Å². The van der Waals surface area contributed by atoms with Crippen LogP contribution in [0.3, 0.4) is 0 Å². The second-order valence-electron chi connectivity index (χ2n) is 6.41. The van der Waals surface area contributed by atoms with Crippen molar-refractivity contribution >= 4 is 15.9 Å². The highest BCUT2D eigenvalue weighted by Crippen LogP contribution is 2.23. The molecule has 1 aromatic carbocycles. The lowest BCUT2D eigenvalue weighted by Gasteiger charge is -2.36. The van der Waals surface area contributed by atoms with Crippen molar-refractivity contribution in [1.29, 1.82) is 0 Å². The number of carbonyl (C=O) groups is 1. The van der Waals surface area contributed by atoms with Gasteiger partial charge in [0.1, 0.15) is 5.75 Å².